The number of nitrogens with one attached hydrogen (secondary N) is 1. The first-order valence-corrected chi connectivity index (χ1v) is 16.7. The molecule has 3 atom stereocenters. The van der Waals surface area contributed by atoms with E-state index in [-0.39, 0.29) is 12.0 Å². The normalized spacial score (nSPS) is 37.1. The lowest BCUT2D eigenvalue weighted by Crippen LogP contribution is -2.43. The first-order valence-electron chi connectivity index (χ1n) is 16.2. The number of piperidine rings is 1. The maximum atomic E-state index is 12.1. The van der Waals surface area contributed by atoms with Crippen molar-refractivity contribution in [3.8, 4) is 0 Å². The average molecular weight is 550 g/mol. The SMILES string of the molecule is CC1CCC(CCNC(=O)C2CCN(C)CC2)CC1.O=CC1CC2CCCCC2N1CC1CCC(Cl)CC1. The van der Waals surface area contributed by atoms with Crippen LogP contribution in [0.3, 0.4) is 0 Å². The van der Waals surface area contributed by atoms with Crippen LogP contribution in [0.5, 0.6) is 0 Å². The number of rotatable bonds is 7. The lowest BCUT2D eigenvalue weighted by Gasteiger charge is -2.36. The quantitative estimate of drug-likeness (QED) is 0.300. The zero-order chi connectivity index (χ0) is 26.9. The summed E-state index contributed by atoms with van der Waals surface area (Å²) in [6.45, 7) is 6.54. The highest BCUT2D eigenvalue weighted by Crippen LogP contribution is 2.40. The number of halogens is 1. The molecule has 38 heavy (non-hydrogen) atoms. The number of fused-ring (bicyclic) bond motifs is 1. The summed E-state index contributed by atoms with van der Waals surface area (Å²) in [5, 5.41) is 3.57. The number of hydrogen-bond donors (Lipinski definition) is 1. The van der Waals surface area contributed by atoms with Gasteiger partial charge in [0.15, 0.2) is 0 Å². The van der Waals surface area contributed by atoms with Crippen molar-refractivity contribution >= 4 is 23.8 Å². The Labute approximate surface area is 238 Å². The van der Waals surface area contributed by atoms with Crippen LogP contribution in [0, 0.1) is 29.6 Å². The van der Waals surface area contributed by atoms with E-state index in [1.807, 2.05) is 0 Å². The first-order chi connectivity index (χ1) is 18.4. The van der Waals surface area contributed by atoms with Gasteiger partial charge in [0.05, 0.1) is 6.04 Å². The summed E-state index contributed by atoms with van der Waals surface area (Å²) in [5.74, 6) is 3.92. The Morgan fingerprint density at radius 2 is 1.55 bits per heavy atom. The van der Waals surface area contributed by atoms with E-state index >= 15 is 0 Å². The minimum absolute atomic E-state index is 0.210. The van der Waals surface area contributed by atoms with Crippen molar-refractivity contribution < 1.29 is 9.59 Å². The summed E-state index contributed by atoms with van der Waals surface area (Å²) in [4.78, 5) is 28.3. The van der Waals surface area contributed by atoms with Crippen LogP contribution in [0.15, 0.2) is 0 Å². The molecule has 5 aliphatic rings. The van der Waals surface area contributed by atoms with Crippen LogP contribution in [0.25, 0.3) is 0 Å². The van der Waals surface area contributed by atoms with Gasteiger partial charge in [0.25, 0.3) is 0 Å². The largest absolute Gasteiger partial charge is 0.356 e. The van der Waals surface area contributed by atoms with E-state index in [2.05, 4.69) is 29.1 Å². The molecule has 5 nitrogen and oxygen atoms in total. The van der Waals surface area contributed by atoms with Gasteiger partial charge in [-0.3, -0.25) is 9.69 Å². The number of alkyl halides is 1. The smallest absolute Gasteiger partial charge is 0.223 e. The number of nitrogens with zero attached hydrogens (tertiary/aromatic N) is 2. The molecule has 5 fully saturated rings. The third kappa shape index (κ3) is 8.93. The summed E-state index contributed by atoms with van der Waals surface area (Å²) < 4.78 is 0. The van der Waals surface area contributed by atoms with Gasteiger partial charge in [-0.15, -0.1) is 11.6 Å². The van der Waals surface area contributed by atoms with Gasteiger partial charge in [0.2, 0.25) is 5.91 Å². The molecule has 2 heterocycles. The predicted molar refractivity (Wildman–Crippen MR) is 157 cm³/mol. The van der Waals surface area contributed by atoms with Gasteiger partial charge in [-0.05, 0) is 108 Å². The predicted octanol–water partition coefficient (Wildman–Crippen LogP) is 6.28. The topological polar surface area (TPSA) is 52.7 Å². The van der Waals surface area contributed by atoms with Crippen LogP contribution in [0.1, 0.15) is 110 Å². The molecule has 6 heteroatoms. The summed E-state index contributed by atoms with van der Waals surface area (Å²) >= 11 is 6.20. The lowest BCUT2D eigenvalue weighted by atomic mass is 9.81. The van der Waals surface area contributed by atoms with Crippen LogP contribution in [0.4, 0.5) is 0 Å². The number of hydrogen-bond acceptors (Lipinski definition) is 4. The van der Waals surface area contributed by atoms with Gasteiger partial charge < -0.3 is 15.0 Å². The van der Waals surface area contributed by atoms with Gasteiger partial charge in [-0.25, -0.2) is 0 Å². The van der Waals surface area contributed by atoms with Gasteiger partial charge in [-0.1, -0.05) is 45.4 Å². The molecule has 0 aromatic carbocycles. The highest BCUT2D eigenvalue weighted by Gasteiger charge is 2.42. The second-order valence-electron chi connectivity index (χ2n) is 13.6. The van der Waals surface area contributed by atoms with Gasteiger partial charge in [-0.2, -0.15) is 0 Å². The maximum absolute atomic E-state index is 12.1. The fourth-order valence-corrected chi connectivity index (χ4v) is 8.28. The molecule has 1 amide bonds. The Hall–Kier alpha value is -0.650. The van der Waals surface area contributed by atoms with E-state index in [9.17, 15) is 9.59 Å². The van der Waals surface area contributed by atoms with Crippen molar-refractivity contribution in [3.05, 3.63) is 0 Å². The molecule has 0 aromatic rings. The Kier molecular flexibility index (Phi) is 12.3. The molecule has 1 N–H and O–H groups in total. The number of carbonyl (C=O) groups excluding carboxylic acids is 2. The van der Waals surface area contributed by atoms with Crippen molar-refractivity contribution in [3.63, 3.8) is 0 Å². The van der Waals surface area contributed by atoms with E-state index in [1.54, 1.807) is 0 Å². The van der Waals surface area contributed by atoms with E-state index in [0.29, 0.717) is 17.3 Å². The van der Waals surface area contributed by atoms with Gasteiger partial charge in [0.1, 0.15) is 6.29 Å². The molecule has 3 aliphatic carbocycles. The van der Waals surface area contributed by atoms with Crippen molar-refractivity contribution in [2.75, 3.05) is 33.2 Å². The molecule has 0 radical (unpaired) electrons. The second-order valence-corrected chi connectivity index (χ2v) is 14.3. The van der Waals surface area contributed by atoms with Crippen LogP contribution in [0.2, 0.25) is 0 Å². The van der Waals surface area contributed by atoms with E-state index in [0.717, 1.165) is 69.1 Å². The standard InChI is InChI=1S/C16H26ClNO.C16H30N2O/c17-14-7-5-12(6-8-14)10-18-15(11-19)9-13-3-1-2-4-16(13)18;1-13-3-5-14(6-4-13)7-10-17-16(19)15-8-11-18(2)12-9-15/h11-16H,1-10H2;13-15H,3-12H2,1-2H3,(H,17,19). The van der Waals surface area contributed by atoms with Gasteiger partial charge >= 0.3 is 0 Å². The Morgan fingerprint density at radius 1 is 0.895 bits per heavy atom. The van der Waals surface area contributed by atoms with Crippen LogP contribution < -0.4 is 5.32 Å². The Balaban J connectivity index is 0.000000177. The second kappa shape index (κ2) is 15.4. The van der Waals surface area contributed by atoms with Crippen molar-refractivity contribution in [1.29, 1.82) is 0 Å². The molecule has 0 bridgehead atoms. The monoisotopic (exact) mass is 549 g/mol. The molecular weight excluding hydrogens is 494 g/mol. The summed E-state index contributed by atoms with van der Waals surface area (Å²) in [6.07, 6.45) is 21.3. The molecule has 2 aliphatic heterocycles. The molecule has 0 aromatic heterocycles. The molecular formula is C32H56ClN3O2. The number of amides is 1. The maximum Gasteiger partial charge on any atom is 0.223 e. The summed E-state index contributed by atoms with van der Waals surface area (Å²) in [5.41, 5.74) is 0. The molecule has 2 saturated heterocycles. The van der Waals surface area contributed by atoms with Crippen LogP contribution >= 0.6 is 11.6 Å². The molecule has 5 rings (SSSR count). The van der Waals surface area contributed by atoms with E-state index < -0.39 is 0 Å². The Bertz CT molecular complexity index is 711. The number of likely N-dealkylation sites (tertiary alicyclic amines) is 2. The minimum Gasteiger partial charge on any atom is -0.356 e. The number of aldehydes is 1. The fourth-order valence-electron chi connectivity index (χ4n) is 8.03. The third-order valence-electron chi connectivity index (χ3n) is 10.7. The van der Waals surface area contributed by atoms with Crippen LogP contribution in [-0.2, 0) is 9.59 Å². The van der Waals surface area contributed by atoms with Gasteiger partial charge in [0, 0.05) is 30.4 Å². The average Bonchev–Trinajstić information content (AvgIpc) is 3.29. The highest BCUT2D eigenvalue weighted by atomic mass is 35.5. The first kappa shape index (κ1) is 30.3. The van der Waals surface area contributed by atoms with E-state index in [4.69, 9.17) is 11.6 Å². The minimum atomic E-state index is 0.210. The zero-order valence-corrected chi connectivity index (χ0v) is 25.2. The van der Waals surface area contributed by atoms with E-state index in [1.165, 1.54) is 89.8 Å². The highest BCUT2D eigenvalue weighted by molar-refractivity contribution is 6.20. The molecule has 0 spiro atoms. The Morgan fingerprint density at radius 3 is 2.24 bits per heavy atom. The number of carbonyl (C=O) groups is 2. The summed E-state index contributed by atoms with van der Waals surface area (Å²) in [7, 11) is 2.14. The zero-order valence-electron chi connectivity index (χ0n) is 24.4. The third-order valence-corrected chi connectivity index (χ3v) is 11.2. The summed E-state index contributed by atoms with van der Waals surface area (Å²) in [6, 6.07) is 0.916. The van der Waals surface area contributed by atoms with Crippen molar-refractivity contribution in [1.82, 2.24) is 15.1 Å². The lowest BCUT2D eigenvalue weighted by molar-refractivity contribution is -0.126. The van der Waals surface area contributed by atoms with Crippen LogP contribution in [-0.4, -0.2) is 72.7 Å². The molecule has 3 unspecified atom stereocenters. The van der Waals surface area contributed by atoms with Crippen molar-refractivity contribution in [2.45, 2.75) is 127 Å². The van der Waals surface area contributed by atoms with Crippen molar-refractivity contribution in [2.24, 2.45) is 29.6 Å². The fraction of sp³-hybridized carbons (Fsp3) is 0.938. The molecule has 218 valence electrons. The molecule has 3 saturated carbocycles.